The van der Waals surface area contributed by atoms with Crippen molar-refractivity contribution in [2.75, 3.05) is 13.7 Å². The summed E-state index contributed by atoms with van der Waals surface area (Å²) in [5.74, 6) is 1.59. The number of halogens is 1. The third-order valence-corrected chi connectivity index (χ3v) is 4.86. The average Bonchev–Trinajstić information content (AvgIpc) is 3.00. The first-order chi connectivity index (χ1) is 12.2. The Bertz CT molecular complexity index is 904. The van der Waals surface area contributed by atoms with Crippen LogP contribution in [0.2, 0.25) is 0 Å². The van der Waals surface area contributed by atoms with Crippen molar-refractivity contribution in [3.63, 3.8) is 0 Å². The number of fused-ring (bicyclic) bond motifs is 3. The number of para-hydroxylation sites is 1. The Morgan fingerprint density at radius 1 is 1.12 bits per heavy atom. The van der Waals surface area contributed by atoms with Gasteiger partial charge in [-0.15, -0.1) is 0 Å². The summed E-state index contributed by atoms with van der Waals surface area (Å²) in [4.78, 5) is 3.65. The second-order valence-corrected chi connectivity index (χ2v) is 6.89. The van der Waals surface area contributed by atoms with Gasteiger partial charge < -0.3 is 32.2 Å². The molecule has 26 heavy (non-hydrogen) atoms. The van der Waals surface area contributed by atoms with Crippen LogP contribution in [0.3, 0.4) is 0 Å². The number of nitrogens with one attached hydrogen (secondary N) is 1. The summed E-state index contributed by atoms with van der Waals surface area (Å²) in [6.45, 7) is 5.14. The van der Waals surface area contributed by atoms with E-state index in [1.807, 2.05) is 19.9 Å². The zero-order chi connectivity index (χ0) is 17.4. The van der Waals surface area contributed by atoms with Gasteiger partial charge >= 0.3 is 0 Å². The summed E-state index contributed by atoms with van der Waals surface area (Å²) in [5, 5.41) is 3.75. The van der Waals surface area contributed by atoms with E-state index < -0.39 is 0 Å². The van der Waals surface area contributed by atoms with Crippen molar-refractivity contribution in [3.05, 3.63) is 59.3 Å². The summed E-state index contributed by atoms with van der Waals surface area (Å²) < 4.78 is 11.4. The topological polar surface area (TPSA) is 50.9 Å². The Hall–Kier alpha value is -2.17. The molecule has 3 N–H and O–H groups in total. The third kappa shape index (κ3) is 3.27. The van der Waals surface area contributed by atoms with E-state index >= 15 is 0 Å². The highest BCUT2D eigenvalue weighted by Gasteiger charge is 2.29. The van der Waals surface area contributed by atoms with Gasteiger partial charge in [-0.1, -0.05) is 18.2 Å². The first-order valence-corrected chi connectivity index (χ1v) is 8.94. The van der Waals surface area contributed by atoms with Gasteiger partial charge in [0, 0.05) is 22.9 Å². The van der Waals surface area contributed by atoms with Crippen molar-refractivity contribution in [2.45, 2.75) is 32.4 Å². The van der Waals surface area contributed by atoms with Crippen molar-refractivity contribution in [3.8, 4) is 11.5 Å². The maximum atomic E-state index is 5.85. The molecule has 4 rings (SSSR count). The van der Waals surface area contributed by atoms with E-state index in [1.165, 1.54) is 27.7 Å². The van der Waals surface area contributed by atoms with Gasteiger partial charge in [-0.2, -0.15) is 0 Å². The first kappa shape index (κ1) is 18.6. The Kier molecular flexibility index (Phi) is 5.44. The number of methoxy groups -OCH3 is 1. The lowest BCUT2D eigenvalue weighted by Gasteiger charge is -2.22. The molecule has 0 spiro atoms. The zero-order valence-corrected chi connectivity index (χ0v) is 16.1. The summed E-state index contributed by atoms with van der Waals surface area (Å²) >= 11 is 0. The van der Waals surface area contributed by atoms with Gasteiger partial charge in [0.1, 0.15) is 0 Å². The van der Waals surface area contributed by atoms with Crippen LogP contribution in [0.25, 0.3) is 10.9 Å². The molecular weight excluding hydrogens is 348 g/mol. The summed E-state index contributed by atoms with van der Waals surface area (Å²) in [5.41, 5.74) is 5.22. The van der Waals surface area contributed by atoms with E-state index in [9.17, 15) is 0 Å². The van der Waals surface area contributed by atoms with Crippen LogP contribution in [-0.2, 0) is 6.42 Å². The fourth-order valence-electron chi connectivity index (χ4n) is 3.80. The van der Waals surface area contributed by atoms with Crippen molar-refractivity contribution >= 4 is 10.9 Å². The van der Waals surface area contributed by atoms with Gasteiger partial charge in [0.25, 0.3) is 0 Å². The van der Waals surface area contributed by atoms with Crippen molar-refractivity contribution in [2.24, 2.45) is 0 Å². The molecule has 1 aliphatic heterocycles. The Balaban J connectivity index is 0.00000196. The lowest BCUT2D eigenvalue weighted by molar-refractivity contribution is -0.690. The molecule has 0 bridgehead atoms. The SMILES string of the molecule is COc1cc(C2[NH2+]CCc3c2[nH]c2ccccc32)ccc1OC(C)C.[Cl-]. The molecule has 3 aromatic rings. The summed E-state index contributed by atoms with van der Waals surface area (Å²) in [6, 6.07) is 15.1. The fraction of sp³-hybridized carbons (Fsp3) is 0.333. The molecule has 1 unspecified atom stereocenters. The summed E-state index contributed by atoms with van der Waals surface area (Å²) in [7, 11) is 1.70. The molecule has 1 aliphatic rings. The van der Waals surface area contributed by atoms with Gasteiger partial charge in [-0.3, -0.25) is 0 Å². The van der Waals surface area contributed by atoms with Gasteiger partial charge in [0.05, 0.1) is 25.5 Å². The minimum Gasteiger partial charge on any atom is -1.00 e. The monoisotopic (exact) mass is 372 g/mol. The molecule has 0 aliphatic carbocycles. The second-order valence-electron chi connectivity index (χ2n) is 6.89. The largest absolute Gasteiger partial charge is 1.00 e. The minimum atomic E-state index is 0. The van der Waals surface area contributed by atoms with E-state index in [0.29, 0.717) is 0 Å². The van der Waals surface area contributed by atoms with E-state index in [2.05, 4.69) is 46.7 Å². The van der Waals surface area contributed by atoms with E-state index in [0.717, 1.165) is 24.5 Å². The van der Waals surface area contributed by atoms with Crippen LogP contribution in [-0.4, -0.2) is 24.7 Å². The molecule has 1 aromatic heterocycles. The molecule has 2 heterocycles. The Labute approximate surface area is 160 Å². The number of hydrogen-bond acceptors (Lipinski definition) is 2. The highest BCUT2D eigenvalue weighted by molar-refractivity contribution is 5.85. The van der Waals surface area contributed by atoms with Gasteiger partial charge in [-0.05, 0) is 43.7 Å². The van der Waals surface area contributed by atoms with E-state index in [1.54, 1.807) is 7.11 Å². The Morgan fingerprint density at radius 2 is 1.92 bits per heavy atom. The molecule has 0 saturated carbocycles. The van der Waals surface area contributed by atoms with E-state index in [-0.39, 0.29) is 24.6 Å². The van der Waals surface area contributed by atoms with Crippen molar-refractivity contribution < 1.29 is 27.2 Å². The van der Waals surface area contributed by atoms with Crippen LogP contribution in [0.15, 0.2) is 42.5 Å². The lowest BCUT2D eigenvalue weighted by atomic mass is 9.94. The number of hydrogen-bond donors (Lipinski definition) is 2. The van der Waals surface area contributed by atoms with Crippen molar-refractivity contribution in [1.29, 1.82) is 0 Å². The minimum absolute atomic E-state index is 0. The number of quaternary nitrogens is 1. The van der Waals surface area contributed by atoms with Crippen LogP contribution >= 0.6 is 0 Å². The van der Waals surface area contributed by atoms with Crippen LogP contribution in [0.4, 0.5) is 0 Å². The molecule has 138 valence electrons. The standard InChI is InChI=1S/C21H24N2O2.ClH/c1-13(2)25-18-9-8-14(12-19(18)24-3)20-21-16(10-11-22-20)15-6-4-5-7-17(15)23-21;/h4-9,12-13,20,22-23H,10-11H2,1-3H3;1H. The van der Waals surface area contributed by atoms with Crippen LogP contribution in [0.1, 0.15) is 36.7 Å². The van der Waals surface area contributed by atoms with Crippen molar-refractivity contribution in [1.82, 2.24) is 4.98 Å². The van der Waals surface area contributed by atoms with Crippen LogP contribution < -0.4 is 27.2 Å². The smallest absolute Gasteiger partial charge is 0.161 e. The second kappa shape index (κ2) is 7.60. The third-order valence-electron chi connectivity index (χ3n) is 4.86. The van der Waals surface area contributed by atoms with Gasteiger partial charge in [0.2, 0.25) is 0 Å². The molecule has 1 atom stereocenters. The van der Waals surface area contributed by atoms with Crippen LogP contribution in [0, 0.1) is 0 Å². The zero-order valence-electron chi connectivity index (χ0n) is 15.4. The number of rotatable bonds is 4. The van der Waals surface area contributed by atoms with Gasteiger partial charge in [0.15, 0.2) is 17.5 Å². The number of ether oxygens (including phenoxy) is 2. The molecule has 2 aromatic carbocycles. The molecule has 0 fully saturated rings. The maximum absolute atomic E-state index is 5.85. The molecule has 0 radical (unpaired) electrons. The molecule has 5 heteroatoms. The Morgan fingerprint density at radius 3 is 2.69 bits per heavy atom. The van der Waals surface area contributed by atoms with Gasteiger partial charge in [-0.25, -0.2) is 0 Å². The quantitative estimate of drug-likeness (QED) is 0.686. The highest BCUT2D eigenvalue weighted by atomic mass is 35.5. The fourth-order valence-corrected chi connectivity index (χ4v) is 3.80. The number of nitrogens with two attached hydrogens (primary N) is 1. The summed E-state index contributed by atoms with van der Waals surface area (Å²) in [6.07, 6.45) is 1.22. The predicted octanol–water partition coefficient (Wildman–Crippen LogP) is 0.177. The first-order valence-electron chi connectivity index (χ1n) is 8.94. The average molecular weight is 373 g/mol. The van der Waals surface area contributed by atoms with E-state index in [4.69, 9.17) is 9.47 Å². The maximum Gasteiger partial charge on any atom is 0.161 e. The lowest BCUT2D eigenvalue weighted by Crippen LogP contribution is -3.00. The molecular formula is C21H25ClN2O2. The normalized spacial score (nSPS) is 16.2. The van der Waals surface area contributed by atoms with Crippen LogP contribution in [0.5, 0.6) is 11.5 Å². The number of H-pyrrole nitrogens is 1. The molecule has 4 nitrogen and oxygen atoms in total. The number of benzene rings is 2. The highest BCUT2D eigenvalue weighted by Crippen LogP contribution is 2.35. The molecule has 0 saturated heterocycles. The number of aromatic nitrogens is 1. The molecule has 0 amide bonds. The predicted molar refractivity (Wildman–Crippen MR) is 99.4 cm³/mol. The number of aromatic amines is 1.